The van der Waals surface area contributed by atoms with Crippen molar-refractivity contribution in [1.82, 2.24) is 5.32 Å². The third-order valence-electron chi connectivity index (χ3n) is 3.89. The standard InChI is InChI=1S/C14H19N3O5/c1-21-11-6-9(10(17(19)20)7-12(11)22-2)13(18)16-8-14(15)4-3-5-14/h6-7H,3-5,8,15H2,1-2H3,(H,16,18). The van der Waals surface area contributed by atoms with Crippen LogP contribution in [0.25, 0.3) is 0 Å². The van der Waals surface area contributed by atoms with E-state index < -0.39 is 16.4 Å². The topological polar surface area (TPSA) is 117 Å². The summed E-state index contributed by atoms with van der Waals surface area (Å²) in [6.07, 6.45) is 2.70. The van der Waals surface area contributed by atoms with Gasteiger partial charge in [0.25, 0.3) is 11.6 Å². The van der Waals surface area contributed by atoms with Crippen molar-refractivity contribution < 1.29 is 19.2 Å². The van der Waals surface area contributed by atoms with Crippen LogP contribution >= 0.6 is 0 Å². The summed E-state index contributed by atoms with van der Waals surface area (Å²) in [5.41, 5.74) is 5.22. The molecule has 1 amide bonds. The van der Waals surface area contributed by atoms with E-state index in [4.69, 9.17) is 15.2 Å². The van der Waals surface area contributed by atoms with Crippen LogP contribution in [-0.2, 0) is 0 Å². The molecule has 2 rings (SSSR count). The van der Waals surface area contributed by atoms with Crippen molar-refractivity contribution in [2.75, 3.05) is 20.8 Å². The normalized spacial score (nSPS) is 15.6. The van der Waals surface area contributed by atoms with Crippen LogP contribution in [0.4, 0.5) is 5.69 Å². The Morgan fingerprint density at radius 3 is 2.41 bits per heavy atom. The van der Waals surface area contributed by atoms with Crippen LogP contribution in [-0.4, -0.2) is 37.1 Å². The largest absolute Gasteiger partial charge is 0.493 e. The van der Waals surface area contributed by atoms with E-state index >= 15 is 0 Å². The smallest absolute Gasteiger partial charge is 0.286 e. The molecule has 0 aliphatic heterocycles. The molecule has 0 bridgehead atoms. The molecule has 1 aliphatic rings. The molecule has 22 heavy (non-hydrogen) atoms. The fraction of sp³-hybridized carbons (Fsp3) is 0.500. The lowest BCUT2D eigenvalue weighted by Crippen LogP contribution is -2.54. The zero-order valence-electron chi connectivity index (χ0n) is 12.5. The lowest BCUT2D eigenvalue weighted by molar-refractivity contribution is -0.385. The van der Waals surface area contributed by atoms with Gasteiger partial charge in [-0.15, -0.1) is 0 Å². The summed E-state index contributed by atoms with van der Waals surface area (Å²) in [7, 11) is 2.77. The Hall–Kier alpha value is -2.35. The second-order valence-corrected chi connectivity index (χ2v) is 5.38. The van der Waals surface area contributed by atoms with Gasteiger partial charge in [-0.25, -0.2) is 0 Å². The fourth-order valence-electron chi connectivity index (χ4n) is 2.36. The second-order valence-electron chi connectivity index (χ2n) is 5.38. The number of amides is 1. The Labute approximate surface area is 127 Å². The SMILES string of the molecule is COc1cc(C(=O)NCC2(N)CCC2)c([N+](=O)[O-])cc1OC. The Morgan fingerprint density at radius 2 is 1.95 bits per heavy atom. The number of carbonyl (C=O) groups excluding carboxylic acids is 1. The van der Waals surface area contributed by atoms with Gasteiger partial charge in [0.05, 0.1) is 25.2 Å². The molecular weight excluding hydrogens is 290 g/mol. The molecule has 3 N–H and O–H groups in total. The average Bonchev–Trinajstić information content (AvgIpc) is 2.49. The quantitative estimate of drug-likeness (QED) is 0.603. The van der Waals surface area contributed by atoms with Crippen LogP contribution in [0, 0.1) is 10.1 Å². The lowest BCUT2D eigenvalue weighted by atomic mass is 9.78. The van der Waals surface area contributed by atoms with Gasteiger partial charge in [-0.1, -0.05) is 0 Å². The van der Waals surface area contributed by atoms with Crippen molar-refractivity contribution in [1.29, 1.82) is 0 Å². The highest BCUT2D eigenvalue weighted by molar-refractivity contribution is 5.99. The number of nitrogens with two attached hydrogens (primary N) is 1. The van der Waals surface area contributed by atoms with E-state index in [0.29, 0.717) is 0 Å². The Morgan fingerprint density at radius 1 is 1.36 bits per heavy atom. The molecule has 0 unspecified atom stereocenters. The maximum absolute atomic E-state index is 12.3. The molecule has 1 aromatic rings. The minimum absolute atomic E-state index is 0.0782. The minimum Gasteiger partial charge on any atom is -0.493 e. The van der Waals surface area contributed by atoms with Crippen molar-refractivity contribution in [2.45, 2.75) is 24.8 Å². The van der Waals surface area contributed by atoms with E-state index in [1.165, 1.54) is 26.4 Å². The number of ether oxygens (including phenoxy) is 2. The van der Waals surface area contributed by atoms with E-state index in [2.05, 4.69) is 5.32 Å². The Balaban J connectivity index is 2.27. The number of hydrogen-bond acceptors (Lipinski definition) is 6. The van der Waals surface area contributed by atoms with Crippen LogP contribution in [0.3, 0.4) is 0 Å². The first-order valence-corrected chi connectivity index (χ1v) is 6.88. The number of nitro benzene ring substituents is 1. The molecule has 1 aromatic carbocycles. The molecular formula is C14H19N3O5. The number of carbonyl (C=O) groups is 1. The first-order chi connectivity index (χ1) is 10.4. The van der Waals surface area contributed by atoms with Crippen molar-refractivity contribution >= 4 is 11.6 Å². The molecule has 8 nitrogen and oxygen atoms in total. The number of methoxy groups -OCH3 is 2. The van der Waals surface area contributed by atoms with Crippen LogP contribution in [0.5, 0.6) is 11.5 Å². The third-order valence-corrected chi connectivity index (χ3v) is 3.89. The number of nitrogens with one attached hydrogen (secondary N) is 1. The van der Waals surface area contributed by atoms with Gasteiger partial charge < -0.3 is 20.5 Å². The third kappa shape index (κ3) is 3.11. The molecule has 0 spiro atoms. The predicted molar refractivity (Wildman–Crippen MR) is 79.3 cm³/mol. The van der Waals surface area contributed by atoms with Gasteiger partial charge in [0.2, 0.25) is 0 Å². The highest BCUT2D eigenvalue weighted by atomic mass is 16.6. The molecule has 0 heterocycles. The van der Waals surface area contributed by atoms with Gasteiger partial charge in [0.15, 0.2) is 11.5 Å². The monoisotopic (exact) mass is 309 g/mol. The zero-order chi connectivity index (χ0) is 16.3. The minimum atomic E-state index is -0.627. The molecule has 0 atom stereocenters. The molecule has 1 fully saturated rings. The summed E-state index contributed by atoms with van der Waals surface area (Å²) in [5.74, 6) is -0.103. The van der Waals surface area contributed by atoms with E-state index in [1.807, 2.05) is 0 Å². The van der Waals surface area contributed by atoms with Crippen LogP contribution in [0.1, 0.15) is 29.6 Å². The van der Waals surface area contributed by atoms with Gasteiger partial charge in [0, 0.05) is 18.2 Å². The molecule has 1 aliphatic carbocycles. The Bertz CT molecular complexity index is 598. The van der Waals surface area contributed by atoms with Gasteiger partial charge in [-0.05, 0) is 19.3 Å². The summed E-state index contributed by atoms with van der Waals surface area (Å²) in [5, 5.41) is 13.8. The zero-order valence-corrected chi connectivity index (χ0v) is 12.5. The van der Waals surface area contributed by atoms with E-state index in [1.54, 1.807) is 0 Å². The Kier molecular flexibility index (Phi) is 4.51. The second kappa shape index (κ2) is 6.18. The molecule has 0 aromatic heterocycles. The number of rotatable bonds is 6. The fourth-order valence-corrected chi connectivity index (χ4v) is 2.36. The van der Waals surface area contributed by atoms with Gasteiger partial charge >= 0.3 is 0 Å². The number of benzene rings is 1. The maximum Gasteiger partial charge on any atom is 0.286 e. The van der Waals surface area contributed by atoms with Crippen molar-refractivity contribution in [3.8, 4) is 11.5 Å². The first-order valence-electron chi connectivity index (χ1n) is 6.88. The highest BCUT2D eigenvalue weighted by Gasteiger charge is 2.33. The first kappa shape index (κ1) is 16.0. The van der Waals surface area contributed by atoms with E-state index in [9.17, 15) is 14.9 Å². The van der Waals surface area contributed by atoms with Crippen molar-refractivity contribution in [3.63, 3.8) is 0 Å². The average molecular weight is 309 g/mol. The molecule has 8 heteroatoms. The maximum atomic E-state index is 12.3. The number of nitrogens with zero attached hydrogens (tertiary/aromatic N) is 1. The van der Waals surface area contributed by atoms with Crippen LogP contribution in [0.15, 0.2) is 12.1 Å². The molecule has 0 saturated heterocycles. The summed E-state index contributed by atoms with van der Waals surface area (Å²) in [6, 6.07) is 2.48. The molecule has 0 radical (unpaired) electrons. The summed E-state index contributed by atoms with van der Waals surface area (Å²) < 4.78 is 10.1. The predicted octanol–water partition coefficient (Wildman–Crippen LogP) is 1.22. The van der Waals surface area contributed by atoms with E-state index in [-0.39, 0.29) is 29.3 Å². The lowest BCUT2D eigenvalue weighted by Gasteiger charge is -2.38. The summed E-state index contributed by atoms with van der Waals surface area (Å²) in [6.45, 7) is 0.289. The number of hydrogen-bond donors (Lipinski definition) is 2. The van der Waals surface area contributed by atoms with E-state index in [0.717, 1.165) is 19.3 Å². The van der Waals surface area contributed by atoms with Gasteiger partial charge in [-0.2, -0.15) is 0 Å². The van der Waals surface area contributed by atoms with Crippen molar-refractivity contribution in [2.24, 2.45) is 5.73 Å². The van der Waals surface area contributed by atoms with Gasteiger partial charge in [0.1, 0.15) is 5.56 Å². The van der Waals surface area contributed by atoms with Gasteiger partial charge in [-0.3, -0.25) is 14.9 Å². The summed E-state index contributed by atoms with van der Waals surface area (Å²) in [4.78, 5) is 22.8. The number of nitro groups is 1. The highest BCUT2D eigenvalue weighted by Crippen LogP contribution is 2.34. The van der Waals surface area contributed by atoms with Crippen LogP contribution < -0.4 is 20.5 Å². The summed E-state index contributed by atoms with van der Waals surface area (Å²) >= 11 is 0. The molecule has 120 valence electrons. The van der Waals surface area contributed by atoms with Crippen molar-refractivity contribution in [3.05, 3.63) is 27.8 Å². The molecule has 1 saturated carbocycles. The van der Waals surface area contributed by atoms with Crippen LogP contribution in [0.2, 0.25) is 0 Å².